The maximum Gasteiger partial charge on any atom is 0.185 e. The Balaban J connectivity index is 2.11. The lowest BCUT2D eigenvalue weighted by Gasteiger charge is -2.22. The van der Waals surface area contributed by atoms with E-state index in [1.165, 1.54) is 15.7 Å². The highest BCUT2D eigenvalue weighted by Gasteiger charge is 2.32. The van der Waals surface area contributed by atoms with Gasteiger partial charge in [-0.2, -0.15) is 0 Å². The Morgan fingerprint density at radius 1 is 1.44 bits per heavy atom. The monoisotopic (exact) mass is 268 g/mol. The summed E-state index contributed by atoms with van der Waals surface area (Å²) in [5, 5.41) is 4.40. The van der Waals surface area contributed by atoms with Gasteiger partial charge in [-0.3, -0.25) is 0 Å². The van der Waals surface area contributed by atoms with Gasteiger partial charge in [0.1, 0.15) is 0 Å². The molecule has 0 bridgehead atoms. The first kappa shape index (κ1) is 13.8. The van der Waals surface area contributed by atoms with Gasteiger partial charge in [0.2, 0.25) is 0 Å². The quantitative estimate of drug-likeness (QED) is 0.898. The van der Waals surface area contributed by atoms with Crippen LogP contribution in [0.15, 0.2) is 0 Å². The Morgan fingerprint density at radius 2 is 2.17 bits per heavy atom. The topological polar surface area (TPSA) is 31.4 Å². The number of hydrogen-bond acceptors (Lipinski definition) is 5. The van der Waals surface area contributed by atoms with E-state index < -0.39 is 0 Å². The predicted octanol–water partition coefficient (Wildman–Crippen LogP) is 1.56. The second kappa shape index (κ2) is 5.55. The maximum atomic E-state index is 4.73. The molecular formula is C13H24N4S. The van der Waals surface area contributed by atoms with Crippen LogP contribution in [-0.4, -0.2) is 50.2 Å². The molecule has 0 aliphatic carbocycles. The first-order valence-corrected chi connectivity index (χ1v) is 7.36. The maximum absolute atomic E-state index is 4.73. The molecule has 102 valence electrons. The van der Waals surface area contributed by atoms with Crippen LogP contribution in [0.25, 0.3) is 0 Å². The molecule has 2 rings (SSSR count). The Morgan fingerprint density at radius 3 is 2.72 bits per heavy atom. The molecule has 2 unspecified atom stereocenters. The number of aryl methyl sites for hydroxylation is 1. The highest BCUT2D eigenvalue weighted by atomic mass is 32.1. The summed E-state index contributed by atoms with van der Waals surface area (Å²) in [6.45, 7) is 7.58. The minimum absolute atomic E-state index is 0.641. The molecule has 0 saturated carbocycles. The lowest BCUT2D eigenvalue weighted by Crippen LogP contribution is -2.34. The summed E-state index contributed by atoms with van der Waals surface area (Å²) >= 11 is 1.83. The third-order valence-electron chi connectivity index (χ3n) is 3.73. The highest BCUT2D eigenvalue weighted by molar-refractivity contribution is 7.15. The van der Waals surface area contributed by atoms with Crippen molar-refractivity contribution in [2.75, 3.05) is 39.1 Å². The van der Waals surface area contributed by atoms with Crippen molar-refractivity contribution >= 4 is 16.5 Å². The smallest absolute Gasteiger partial charge is 0.185 e. The van der Waals surface area contributed by atoms with E-state index in [4.69, 9.17) is 4.98 Å². The van der Waals surface area contributed by atoms with Crippen LogP contribution in [-0.2, 0) is 6.54 Å². The molecule has 1 aromatic rings. The third-order valence-corrected chi connectivity index (χ3v) is 4.94. The summed E-state index contributed by atoms with van der Waals surface area (Å²) in [4.78, 5) is 10.9. The van der Waals surface area contributed by atoms with E-state index in [0.717, 1.165) is 19.6 Å². The van der Waals surface area contributed by atoms with Gasteiger partial charge in [0.25, 0.3) is 0 Å². The molecule has 0 spiro atoms. The summed E-state index contributed by atoms with van der Waals surface area (Å²) in [6.07, 6.45) is 0. The average molecular weight is 268 g/mol. The van der Waals surface area contributed by atoms with E-state index in [1.807, 2.05) is 18.4 Å². The largest absolute Gasteiger partial charge is 0.346 e. The molecule has 1 fully saturated rings. The minimum Gasteiger partial charge on any atom is -0.346 e. The lowest BCUT2D eigenvalue weighted by atomic mass is 10.1. The fourth-order valence-electron chi connectivity index (χ4n) is 2.65. The van der Waals surface area contributed by atoms with Gasteiger partial charge in [-0.15, -0.1) is 11.3 Å². The molecule has 2 heterocycles. The minimum atomic E-state index is 0.641. The number of anilines is 1. The molecular weight excluding hydrogens is 244 g/mol. The SMILES string of the molecule is CNCc1sc(N2CC(C)C(N(C)C)C2)nc1C. The van der Waals surface area contributed by atoms with E-state index >= 15 is 0 Å². The molecule has 1 N–H and O–H groups in total. The Hall–Kier alpha value is -0.650. The van der Waals surface area contributed by atoms with Crippen molar-refractivity contribution in [1.29, 1.82) is 0 Å². The van der Waals surface area contributed by atoms with Crippen molar-refractivity contribution in [3.8, 4) is 0 Å². The number of likely N-dealkylation sites (N-methyl/N-ethyl adjacent to an activating group) is 1. The second-order valence-electron chi connectivity index (χ2n) is 5.45. The van der Waals surface area contributed by atoms with Gasteiger partial charge in [-0.05, 0) is 34.0 Å². The summed E-state index contributed by atoms with van der Waals surface area (Å²) in [5.74, 6) is 0.706. The summed E-state index contributed by atoms with van der Waals surface area (Å²) in [5.41, 5.74) is 1.17. The van der Waals surface area contributed by atoms with Gasteiger partial charge >= 0.3 is 0 Å². The fourth-order valence-corrected chi connectivity index (χ4v) is 3.74. The molecule has 1 saturated heterocycles. The average Bonchev–Trinajstić information content (AvgIpc) is 2.84. The zero-order valence-electron chi connectivity index (χ0n) is 12.0. The number of nitrogens with one attached hydrogen (secondary N) is 1. The number of thiazole rings is 1. The van der Waals surface area contributed by atoms with Crippen LogP contribution in [0.1, 0.15) is 17.5 Å². The molecule has 5 heteroatoms. The van der Waals surface area contributed by atoms with Gasteiger partial charge in [0.05, 0.1) is 5.69 Å². The zero-order valence-corrected chi connectivity index (χ0v) is 12.8. The van der Waals surface area contributed by atoms with Crippen LogP contribution >= 0.6 is 11.3 Å². The van der Waals surface area contributed by atoms with Gasteiger partial charge < -0.3 is 15.1 Å². The van der Waals surface area contributed by atoms with Crippen molar-refractivity contribution in [3.05, 3.63) is 10.6 Å². The van der Waals surface area contributed by atoms with Crippen LogP contribution in [0.2, 0.25) is 0 Å². The molecule has 2 atom stereocenters. The molecule has 18 heavy (non-hydrogen) atoms. The van der Waals surface area contributed by atoms with Crippen molar-refractivity contribution < 1.29 is 0 Å². The second-order valence-corrected chi connectivity index (χ2v) is 6.51. The normalized spacial score (nSPS) is 24.2. The van der Waals surface area contributed by atoms with Crippen molar-refractivity contribution in [2.45, 2.75) is 26.4 Å². The van der Waals surface area contributed by atoms with Gasteiger partial charge in [0.15, 0.2) is 5.13 Å². The molecule has 0 amide bonds. The van der Waals surface area contributed by atoms with Crippen LogP contribution in [0, 0.1) is 12.8 Å². The van der Waals surface area contributed by atoms with Gasteiger partial charge in [0, 0.05) is 30.6 Å². The van der Waals surface area contributed by atoms with Crippen LogP contribution in [0.3, 0.4) is 0 Å². The van der Waals surface area contributed by atoms with E-state index in [9.17, 15) is 0 Å². The number of nitrogens with zero attached hydrogens (tertiary/aromatic N) is 3. The van der Waals surface area contributed by atoms with Gasteiger partial charge in [-0.25, -0.2) is 4.98 Å². The van der Waals surface area contributed by atoms with E-state index in [0.29, 0.717) is 12.0 Å². The van der Waals surface area contributed by atoms with E-state index in [1.54, 1.807) is 0 Å². The van der Waals surface area contributed by atoms with Crippen molar-refractivity contribution in [2.24, 2.45) is 5.92 Å². The number of aromatic nitrogens is 1. The Kier molecular flexibility index (Phi) is 4.25. The molecule has 0 radical (unpaired) electrons. The number of hydrogen-bond donors (Lipinski definition) is 1. The van der Waals surface area contributed by atoms with Crippen LogP contribution in [0.5, 0.6) is 0 Å². The summed E-state index contributed by atoms with van der Waals surface area (Å²) in [7, 11) is 6.33. The third kappa shape index (κ3) is 2.68. The molecule has 1 aromatic heterocycles. The first-order chi connectivity index (χ1) is 8.52. The van der Waals surface area contributed by atoms with Crippen molar-refractivity contribution in [1.82, 2.24) is 15.2 Å². The highest BCUT2D eigenvalue weighted by Crippen LogP contribution is 2.31. The predicted molar refractivity (Wildman–Crippen MR) is 78.5 cm³/mol. The van der Waals surface area contributed by atoms with Crippen LogP contribution in [0.4, 0.5) is 5.13 Å². The molecule has 1 aliphatic rings. The lowest BCUT2D eigenvalue weighted by molar-refractivity contribution is 0.266. The Labute approximate surface area is 114 Å². The molecule has 0 aromatic carbocycles. The van der Waals surface area contributed by atoms with E-state index in [-0.39, 0.29) is 0 Å². The molecule has 1 aliphatic heterocycles. The molecule has 4 nitrogen and oxygen atoms in total. The first-order valence-electron chi connectivity index (χ1n) is 6.55. The van der Waals surface area contributed by atoms with Crippen molar-refractivity contribution in [3.63, 3.8) is 0 Å². The standard InChI is InChI=1S/C13H24N4S/c1-9-7-17(8-11(9)16(4)5)13-15-10(2)12(18-13)6-14-3/h9,11,14H,6-8H2,1-5H3. The summed E-state index contributed by atoms with van der Waals surface area (Å²) < 4.78 is 0. The number of rotatable bonds is 4. The summed E-state index contributed by atoms with van der Waals surface area (Å²) in [6, 6.07) is 0.641. The van der Waals surface area contributed by atoms with Crippen LogP contribution < -0.4 is 10.2 Å². The van der Waals surface area contributed by atoms with Gasteiger partial charge in [-0.1, -0.05) is 6.92 Å². The Bertz CT molecular complexity index is 402. The zero-order chi connectivity index (χ0) is 13.3. The fraction of sp³-hybridized carbons (Fsp3) is 0.769. The van der Waals surface area contributed by atoms with E-state index in [2.05, 4.69) is 43.1 Å².